The first-order valence-electron chi connectivity index (χ1n) is 5.70. The molecule has 0 amide bonds. The van der Waals surface area contributed by atoms with Gasteiger partial charge in [0.05, 0.1) is 13.5 Å². The smallest absolute Gasteiger partial charge is 0.306 e. The van der Waals surface area contributed by atoms with E-state index < -0.39 is 0 Å². The molecule has 0 rings (SSSR count). The van der Waals surface area contributed by atoms with Gasteiger partial charge in [-0.15, -0.1) is 0 Å². The van der Waals surface area contributed by atoms with Crippen molar-refractivity contribution in [3.8, 4) is 0 Å². The normalized spacial score (nSPS) is 12.9. The SMILES string of the molecule is CCC(CCN)N(CC)CCC(=O)OC. The maximum Gasteiger partial charge on any atom is 0.306 e. The lowest BCUT2D eigenvalue weighted by Crippen LogP contribution is -2.37. The third kappa shape index (κ3) is 5.74. The molecule has 0 heterocycles. The highest BCUT2D eigenvalue weighted by molar-refractivity contribution is 5.69. The van der Waals surface area contributed by atoms with Gasteiger partial charge in [0.25, 0.3) is 0 Å². The second-order valence-electron chi connectivity index (χ2n) is 3.59. The predicted octanol–water partition coefficient (Wildman–Crippen LogP) is 0.999. The molecule has 1 atom stereocenters. The molecule has 0 bridgehead atoms. The second kappa shape index (κ2) is 8.68. The van der Waals surface area contributed by atoms with Gasteiger partial charge in [-0.25, -0.2) is 0 Å². The van der Waals surface area contributed by atoms with Crippen LogP contribution >= 0.6 is 0 Å². The fourth-order valence-electron chi connectivity index (χ4n) is 1.77. The summed E-state index contributed by atoms with van der Waals surface area (Å²) in [6.07, 6.45) is 2.53. The molecule has 0 aliphatic heterocycles. The lowest BCUT2D eigenvalue weighted by atomic mass is 10.1. The molecule has 0 radical (unpaired) electrons. The molecular weight excluding hydrogens is 192 g/mol. The van der Waals surface area contributed by atoms with Crippen LogP contribution in [0.15, 0.2) is 0 Å². The van der Waals surface area contributed by atoms with E-state index in [1.807, 2.05) is 0 Å². The minimum Gasteiger partial charge on any atom is -0.469 e. The first-order chi connectivity index (χ1) is 7.19. The lowest BCUT2D eigenvalue weighted by Gasteiger charge is -2.29. The molecule has 0 saturated carbocycles. The van der Waals surface area contributed by atoms with Crippen LogP contribution in [-0.4, -0.2) is 43.7 Å². The van der Waals surface area contributed by atoms with Crippen LogP contribution in [0.2, 0.25) is 0 Å². The van der Waals surface area contributed by atoms with Gasteiger partial charge in [0.15, 0.2) is 0 Å². The number of nitrogens with zero attached hydrogens (tertiary/aromatic N) is 1. The van der Waals surface area contributed by atoms with E-state index in [4.69, 9.17) is 5.73 Å². The summed E-state index contributed by atoms with van der Waals surface area (Å²) in [6, 6.07) is 0.490. The molecule has 2 N–H and O–H groups in total. The summed E-state index contributed by atoms with van der Waals surface area (Å²) in [4.78, 5) is 13.3. The van der Waals surface area contributed by atoms with E-state index in [0.29, 0.717) is 19.0 Å². The average molecular weight is 216 g/mol. The Hall–Kier alpha value is -0.610. The zero-order valence-corrected chi connectivity index (χ0v) is 10.2. The number of carbonyl (C=O) groups is 1. The minimum absolute atomic E-state index is 0.143. The van der Waals surface area contributed by atoms with E-state index in [1.165, 1.54) is 7.11 Å². The van der Waals surface area contributed by atoms with Crippen LogP contribution in [0.4, 0.5) is 0 Å². The van der Waals surface area contributed by atoms with Crippen LogP contribution < -0.4 is 5.73 Å². The zero-order chi connectivity index (χ0) is 11.7. The Morgan fingerprint density at radius 2 is 2.13 bits per heavy atom. The molecule has 0 aromatic carbocycles. The van der Waals surface area contributed by atoms with Gasteiger partial charge in [-0.1, -0.05) is 13.8 Å². The van der Waals surface area contributed by atoms with Crippen molar-refractivity contribution < 1.29 is 9.53 Å². The highest BCUT2D eigenvalue weighted by Gasteiger charge is 2.15. The van der Waals surface area contributed by atoms with Gasteiger partial charge in [-0.05, 0) is 25.9 Å². The van der Waals surface area contributed by atoms with E-state index in [9.17, 15) is 4.79 Å². The molecule has 0 aliphatic carbocycles. The van der Waals surface area contributed by atoms with Crippen molar-refractivity contribution >= 4 is 5.97 Å². The first-order valence-corrected chi connectivity index (χ1v) is 5.70. The fraction of sp³-hybridized carbons (Fsp3) is 0.909. The lowest BCUT2D eigenvalue weighted by molar-refractivity contribution is -0.141. The van der Waals surface area contributed by atoms with Crippen molar-refractivity contribution in [1.82, 2.24) is 4.90 Å². The monoisotopic (exact) mass is 216 g/mol. The van der Waals surface area contributed by atoms with E-state index in [0.717, 1.165) is 25.9 Å². The van der Waals surface area contributed by atoms with E-state index in [2.05, 4.69) is 23.5 Å². The van der Waals surface area contributed by atoms with Gasteiger partial charge in [-0.2, -0.15) is 0 Å². The summed E-state index contributed by atoms with van der Waals surface area (Å²) in [7, 11) is 1.43. The minimum atomic E-state index is -0.143. The molecule has 0 fully saturated rings. The van der Waals surface area contributed by atoms with Gasteiger partial charge in [-0.3, -0.25) is 4.79 Å². The number of rotatable bonds is 8. The van der Waals surface area contributed by atoms with Gasteiger partial charge >= 0.3 is 5.97 Å². The Labute approximate surface area is 92.8 Å². The molecule has 15 heavy (non-hydrogen) atoms. The topological polar surface area (TPSA) is 55.6 Å². The van der Waals surface area contributed by atoms with Crippen LogP contribution in [0.5, 0.6) is 0 Å². The Morgan fingerprint density at radius 1 is 1.47 bits per heavy atom. The first kappa shape index (κ1) is 14.4. The van der Waals surface area contributed by atoms with Crippen LogP contribution in [-0.2, 0) is 9.53 Å². The number of hydrogen-bond donors (Lipinski definition) is 1. The summed E-state index contributed by atoms with van der Waals surface area (Å²) in [6.45, 7) is 6.68. The van der Waals surface area contributed by atoms with Crippen molar-refractivity contribution in [3.05, 3.63) is 0 Å². The zero-order valence-electron chi connectivity index (χ0n) is 10.2. The van der Waals surface area contributed by atoms with Crippen LogP contribution in [0.25, 0.3) is 0 Å². The number of ether oxygens (including phenoxy) is 1. The third-order valence-electron chi connectivity index (χ3n) is 2.72. The Kier molecular flexibility index (Phi) is 8.33. The van der Waals surface area contributed by atoms with Crippen molar-refractivity contribution in [3.63, 3.8) is 0 Å². The van der Waals surface area contributed by atoms with Crippen LogP contribution in [0.3, 0.4) is 0 Å². The average Bonchev–Trinajstić information content (AvgIpc) is 2.27. The summed E-state index contributed by atoms with van der Waals surface area (Å²) in [5, 5.41) is 0. The summed E-state index contributed by atoms with van der Waals surface area (Å²) in [5.41, 5.74) is 5.56. The largest absolute Gasteiger partial charge is 0.469 e. The molecule has 0 saturated heterocycles. The molecule has 0 aromatic heterocycles. The molecule has 0 aliphatic rings. The Balaban J connectivity index is 4.02. The maximum absolute atomic E-state index is 11.0. The molecule has 90 valence electrons. The van der Waals surface area contributed by atoms with Crippen molar-refractivity contribution in [2.24, 2.45) is 5.73 Å². The Bertz CT molecular complexity index is 174. The molecular formula is C11H24N2O2. The van der Waals surface area contributed by atoms with Gasteiger partial charge < -0.3 is 15.4 Å². The molecule has 0 aromatic rings. The van der Waals surface area contributed by atoms with Gasteiger partial charge in [0, 0.05) is 12.6 Å². The molecule has 4 heteroatoms. The molecule has 4 nitrogen and oxygen atoms in total. The van der Waals surface area contributed by atoms with Crippen molar-refractivity contribution in [1.29, 1.82) is 0 Å². The highest BCUT2D eigenvalue weighted by Crippen LogP contribution is 2.08. The van der Waals surface area contributed by atoms with Gasteiger partial charge in [0.1, 0.15) is 0 Å². The van der Waals surface area contributed by atoms with E-state index >= 15 is 0 Å². The maximum atomic E-state index is 11.0. The number of nitrogens with two attached hydrogens (primary N) is 1. The number of methoxy groups -OCH3 is 1. The number of hydrogen-bond acceptors (Lipinski definition) is 4. The second-order valence-corrected chi connectivity index (χ2v) is 3.59. The highest BCUT2D eigenvalue weighted by atomic mass is 16.5. The van der Waals surface area contributed by atoms with Crippen molar-refractivity contribution in [2.45, 2.75) is 39.2 Å². The van der Waals surface area contributed by atoms with E-state index in [1.54, 1.807) is 0 Å². The summed E-state index contributed by atoms with van der Waals surface area (Å²) >= 11 is 0. The van der Waals surface area contributed by atoms with Crippen LogP contribution in [0.1, 0.15) is 33.1 Å². The molecule has 1 unspecified atom stereocenters. The third-order valence-corrected chi connectivity index (χ3v) is 2.72. The Morgan fingerprint density at radius 3 is 2.53 bits per heavy atom. The number of esters is 1. The quantitative estimate of drug-likeness (QED) is 0.615. The number of carbonyl (C=O) groups excluding carboxylic acids is 1. The summed E-state index contributed by atoms with van der Waals surface area (Å²) in [5.74, 6) is -0.143. The van der Waals surface area contributed by atoms with Crippen LogP contribution in [0, 0.1) is 0 Å². The van der Waals surface area contributed by atoms with E-state index in [-0.39, 0.29) is 5.97 Å². The fourth-order valence-corrected chi connectivity index (χ4v) is 1.77. The summed E-state index contributed by atoms with van der Waals surface area (Å²) < 4.78 is 4.63. The standard InChI is InChI=1S/C11H24N2O2/c1-4-10(6-8-12)13(5-2)9-7-11(14)15-3/h10H,4-9,12H2,1-3H3. The van der Waals surface area contributed by atoms with Crippen molar-refractivity contribution in [2.75, 3.05) is 26.7 Å². The molecule has 0 spiro atoms. The predicted molar refractivity (Wildman–Crippen MR) is 61.6 cm³/mol. The van der Waals surface area contributed by atoms with Gasteiger partial charge in [0.2, 0.25) is 0 Å².